The average molecular weight is 283 g/mol. The maximum atomic E-state index is 11.6. The van der Waals surface area contributed by atoms with Crippen molar-refractivity contribution in [2.45, 2.75) is 55.8 Å². The highest BCUT2D eigenvalue weighted by molar-refractivity contribution is 7.99. The van der Waals surface area contributed by atoms with Gasteiger partial charge in [0, 0.05) is 11.8 Å². The van der Waals surface area contributed by atoms with E-state index in [4.69, 9.17) is 5.73 Å². The minimum atomic E-state index is -0.557. The molecule has 1 aliphatic carbocycles. The van der Waals surface area contributed by atoms with Crippen LogP contribution in [0.1, 0.15) is 39.0 Å². The molecule has 0 aliphatic heterocycles. The summed E-state index contributed by atoms with van der Waals surface area (Å²) in [7, 11) is 0. The fourth-order valence-electron chi connectivity index (χ4n) is 1.96. The molecule has 1 amide bonds. The standard InChI is InChI=1S/C12H21N5OS/c1-12(10(13)18,16-9-4-5-9)6-2-3-7-19-11-14-8-15-17-11/h8-9,16H,2-7H2,1H3,(H2,13,18)(H,14,15,17). The Morgan fingerprint density at radius 3 is 3.00 bits per heavy atom. The van der Waals surface area contributed by atoms with Gasteiger partial charge in [0.2, 0.25) is 5.91 Å². The van der Waals surface area contributed by atoms with Gasteiger partial charge >= 0.3 is 0 Å². The minimum absolute atomic E-state index is 0.248. The summed E-state index contributed by atoms with van der Waals surface area (Å²) in [6, 6.07) is 0.487. The Morgan fingerprint density at radius 2 is 2.42 bits per heavy atom. The molecule has 19 heavy (non-hydrogen) atoms. The molecule has 0 aromatic carbocycles. The second-order valence-electron chi connectivity index (χ2n) is 5.21. The van der Waals surface area contributed by atoms with E-state index in [9.17, 15) is 4.79 Å². The van der Waals surface area contributed by atoms with Gasteiger partial charge in [0.05, 0.1) is 5.54 Å². The molecule has 1 heterocycles. The van der Waals surface area contributed by atoms with Crippen molar-refractivity contribution in [1.29, 1.82) is 0 Å². The SMILES string of the molecule is CC(CCCCSc1ncn[nH]1)(NC1CC1)C(N)=O. The molecule has 1 aromatic heterocycles. The molecule has 2 rings (SSSR count). The van der Waals surface area contributed by atoms with Gasteiger partial charge in [-0.3, -0.25) is 9.89 Å². The molecule has 0 bridgehead atoms. The third kappa shape index (κ3) is 4.50. The zero-order valence-electron chi connectivity index (χ0n) is 11.2. The van der Waals surface area contributed by atoms with E-state index in [0.717, 1.165) is 43.0 Å². The smallest absolute Gasteiger partial charge is 0.237 e. The molecule has 0 spiro atoms. The summed E-state index contributed by atoms with van der Waals surface area (Å²) in [6.45, 7) is 1.91. The van der Waals surface area contributed by atoms with Crippen LogP contribution < -0.4 is 11.1 Å². The summed E-state index contributed by atoms with van der Waals surface area (Å²) in [5.41, 5.74) is 4.95. The highest BCUT2D eigenvalue weighted by Gasteiger charge is 2.36. The van der Waals surface area contributed by atoms with E-state index in [0.29, 0.717) is 6.04 Å². The van der Waals surface area contributed by atoms with Crippen molar-refractivity contribution in [3.8, 4) is 0 Å². The molecule has 1 saturated carbocycles. The van der Waals surface area contributed by atoms with Crippen LogP contribution in [0.25, 0.3) is 0 Å². The highest BCUT2D eigenvalue weighted by Crippen LogP contribution is 2.25. The summed E-state index contributed by atoms with van der Waals surface area (Å²) in [4.78, 5) is 15.6. The lowest BCUT2D eigenvalue weighted by Crippen LogP contribution is -2.53. The number of carbonyl (C=O) groups is 1. The van der Waals surface area contributed by atoms with Crippen LogP contribution in [0.5, 0.6) is 0 Å². The molecule has 1 aromatic rings. The Morgan fingerprint density at radius 1 is 1.63 bits per heavy atom. The number of nitrogens with one attached hydrogen (secondary N) is 2. The quantitative estimate of drug-likeness (QED) is 0.465. The molecule has 0 radical (unpaired) electrons. The Labute approximate surface area is 117 Å². The first-order valence-corrected chi connectivity index (χ1v) is 7.64. The predicted octanol–water partition coefficient (Wildman–Crippen LogP) is 1.06. The fourth-order valence-corrected chi connectivity index (χ4v) is 2.74. The van der Waals surface area contributed by atoms with Gasteiger partial charge in [-0.15, -0.1) is 0 Å². The van der Waals surface area contributed by atoms with E-state index < -0.39 is 5.54 Å². The summed E-state index contributed by atoms with van der Waals surface area (Å²) < 4.78 is 0. The Hall–Kier alpha value is -1.08. The van der Waals surface area contributed by atoms with E-state index in [-0.39, 0.29) is 5.91 Å². The van der Waals surface area contributed by atoms with Crippen LogP contribution in [-0.2, 0) is 4.79 Å². The van der Waals surface area contributed by atoms with Gasteiger partial charge in [0.1, 0.15) is 6.33 Å². The number of carbonyl (C=O) groups excluding carboxylic acids is 1. The number of primary amides is 1. The number of aromatic nitrogens is 3. The summed E-state index contributed by atoms with van der Waals surface area (Å²) in [5, 5.41) is 10.8. The van der Waals surface area contributed by atoms with Gasteiger partial charge in [0.15, 0.2) is 5.16 Å². The summed E-state index contributed by atoms with van der Waals surface area (Å²) >= 11 is 1.65. The number of unbranched alkanes of at least 4 members (excludes halogenated alkanes) is 1. The first-order valence-electron chi connectivity index (χ1n) is 6.66. The molecular formula is C12H21N5OS. The van der Waals surface area contributed by atoms with Crippen molar-refractivity contribution in [3.05, 3.63) is 6.33 Å². The predicted molar refractivity (Wildman–Crippen MR) is 74.7 cm³/mol. The van der Waals surface area contributed by atoms with Gasteiger partial charge in [-0.2, -0.15) is 5.10 Å². The highest BCUT2D eigenvalue weighted by atomic mass is 32.2. The van der Waals surface area contributed by atoms with Crippen LogP contribution in [0.15, 0.2) is 11.5 Å². The molecule has 1 aliphatic rings. The first-order chi connectivity index (χ1) is 9.10. The second kappa shape index (κ2) is 6.38. The summed E-state index contributed by atoms with van der Waals surface area (Å²) in [5.74, 6) is 0.718. The number of nitrogens with zero attached hydrogens (tertiary/aromatic N) is 2. The zero-order valence-corrected chi connectivity index (χ0v) is 12.0. The molecular weight excluding hydrogens is 262 g/mol. The van der Waals surface area contributed by atoms with Crippen LogP contribution in [0, 0.1) is 0 Å². The Balaban J connectivity index is 1.65. The Kier molecular flexibility index (Phi) is 4.81. The van der Waals surface area contributed by atoms with Crippen LogP contribution in [-0.4, -0.2) is 38.4 Å². The molecule has 106 valence electrons. The normalized spacial score (nSPS) is 18.2. The van der Waals surface area contributed by atoms with E-state index >= 15 is 0 Å². The van der Waals surface area contributed by atoms with Gasteiger partial charge in [-0.1, -0.05) is 18.2 Å². The number of aromatic amines is 1. The number of amides is 1. The lowest BCUT2D eigenvalue weighted by Gasteiger charge is -2.27. The number of nitrogens with two attached hydrogens (primary N) is 1. The molecule has 7 heteroatoms. The topological polar surface area (TPSA) is 96.7 Å². The number of hydrogen-bond donors (Lipinski definition) is 3. The third-order valence-corrected chi connectivity index (χ3v) is 4.31. The van der Waals surface area contributed by atoms with Gasteiger partial charge in [-0.25, -0.2) is 4.98 Å². The monoisotopic (exact) mass is 283 g/mol. The largest absolute Gasteiger partial charge is 0.368 e. The van der Waals surface area contributed by atoms with Gasteiger partial charge in [0.25, 0.3) is 0 Å². The van der Waals surface area contributed by atoms with E-state index in [1.54, 1.807) is 11.8 Å². The lowest BCUT2D eigenvalue weighted by atomic mass is 9.94. The van der Waals surface area contributed by atoms with Gasteiger partial charge in [-0.05, 0) is 32.6 Å². The third-order valence-electron chi connectivity index (χ3n) is 3.35. The maximum Gasteiger partial charge on any atom is 0.237 e. The maximum absolute atomic E-state index is 11.6. The van der Waals surface area contributed by atoms with Crippen molar-refractivity contribution in [3.63, 3.8) is 0 Å². The number of hydrogen-bond acceptors (Lipinski definition) is 5. The number of rotatable bonds is 9. The number of thioether (sulfide) groups is 1. The minimum Gasteiger partial charge on any atom is -0.368 e. The average Bonchev–Trinajstić information content (AvgIpc) is 3.02. The molecule has 4 N–H and O–H groups in total. The van der Waals surface area contributed by atoms with Crippen LogP contribution >= 0.6 is 11.8 Å². The van der Waals surface area contributed by atoms with E-state index in [1.807, 2.05) is 6.92 Å². The summed E-state index contributed by atoms with van der Waals surface area (Å²) in [6.07, 6.45) is 6.61. The lowest BCUT2D eigenvalue weighted by molar-refractivity contribution is -0.124. The van der Waals surface area contributed by atoms with Crippen molar-refractivity contribution in [2.75, 3.05) is 5.75 Å². The Bertz CT molecular complexity index is 406. The van der Waals surface area contributed by atoms with E-state index in [2.05, 4.69) is 20.5 Å². The van der Waals surface area contributed by atoms with Crippen molar-refractivity contribution in [2.24, 2.45) is 5.73 Å². The zero-order chi connectivity index (χ0) is 13.7. The van der Waals surface area contributed by atoms with Crippen molar-refractivity contribution >= 4 is 17.7 Å². The van der Waals surface area contributed by atoms with Crippen LogP contribution in [0.2, 0.25) is 0 Å². The fraction of sp³-hybridized carbons (Fsp3) is 0.750. The van der Waals surface area contributed by atoms with Crippen molar-refractivity contribution in [1.82, 2.24) is 20.5 Å². The molecule has 1 unspecified atom stereocenters. The molecule has 1 atom stereocenters. The van der Waals surface area contributed by atoms with Gasteiger partial charge < -0.3 is 11.1 Å². The number of H-pyrrole nitrogens is 1. The molecule has 0 saturated heterocycles. The second-order valence-corrected chi connectivity index (χ2v) is 6.29. The van der Waals surface area contributed by atoms with Crippen LogP contribution in [0.4, 0.5) is 0 Å². The van der Waals surface area contributed by atoms with E-state index in [1.165, 1.54) is 6.33 Å². The van der Waals surface area contributed by atoms with Crippen molar-refractivity contribution < 1.29 is 4.79 Å². The van der Waals surface area contributed by atoms with Crippen LogP contribution in [0.3, 0.4) is 0 Å². The molecule has 6 nitrogen and oxygen atoms in total. The first kappa shape index (κ1) is 14.3. The molecule has 1 fully saturated rings.